The van der Waals surface area contributed by atoms with Gasteiger partial charge >= 0.3 is 12.1 Å². The molecule has 0 unspecified atom stereocenters. The van der Waals surface area contributed by atoms with Crippen molar-refractivity contribution in [1.29, 1.82) is 0 Å². The maximum atomic E-state index is 11.7. The number of carbonyl (C=O) groups is 2. The highest BCUT2D eigenvalue weighted by molar-refractivity contribution is 5.69. The molecule has 0 aliphatic rings. The first-order valence-electron chi connectivity index (χ1n) is 5.72. The normalized spacial score (nSPS) is 9.67. The fourth-order valence-corrected chi connectivity index (χ4v) is 1.35. The van der Waals surface area contributed by atoms with Crippen molar-refractivity contribution in [2.24, 2.45) is 0 Å². The minimum Gasteiger partial charge on any atom is -0.450 e. The number of esters is 1. The van der Waals surface area contributed by atoms with E-state index >= 15 is 0 Å². The van der Waals surface area contributed by atoms with Gasteiger partial charge in [-0.3, -0.25) is 9.69 Å². The topological polar surface area (TPSA) is 55.8 Å². The van der Waals surface area contributed by atoms with Crippen molar-refractivity contribution in [3.63, 3.8) is 0 Å². The summed E-state index contributed by atoms with van der Waals surface area (Å²) < 4.78 is 9.73. The maximum Gasteiger partial charge on any atom is 0.412 e. The standard InChI is InChI=1S/C13H17NO4/c1-3-17-13(16)14(10-18-11(2)15)9-12-7-5-4-6-8-12/h4-8H,3,9-10H2,1-2H3. The van der Waals surface area contributed by atoms with Gasteiger partial charge in [-0.2, -0.15) is 0 Å². The predicted molar refractivity (Wildman–Crippen MR) is 65.6 cm³/mol. The Labute approximate surface area is 106 Å². The van der Waals surface area contributed by atoms with Crippen molar-refractivity contribution in [1.82, 2.24) is 4.90 Å². The van der Waals surface area contributed by atoms with E-state index in [4.69, 9.17) is 9.47 Å². The summed E-state index contributed by atoms with van der Waals surface area (Å²) >= 11 is 0. The van der Waals surface area contributed by atoms with Crippen molar-refractivity contribution < 1.29 is 19.1 Å². The van der Waals surface area contributed by atoms with E-state index in [1.165, 1.54) is 11.8 Å². The van der Waals surface area contributed by atoms with E-state index in [0.717, 1.165) is 5.56 Å². The molecule has 0 saturated heterocycles. The summed E-state index contributed by atoms with van der Waals surface area (Å²) in [5, 5.41) is 0. The van der Waals surface area contributed by atoms with Crippen LogP contribution in [0.1, 0.15) is 19.4 Å². The summed E-state index contributed by atoms with van der Waals surface area (Å²) in [5.74, 6) is -0.433. The van der Waals surface area contributed by atoms with Gasteiger partial charge < -0.3 is 9.47 Å². The van der Waals surface area contributed by atoms with Crippen LogP contribution >= 0.6 is 0 Å². The van der Waals surface area contributed by atoms with Crippen molar-refractivity contribution in [3.8, 4) is 0 Å². The van der Waals surface area contributed by atoms with Gasteiger partial charge in [-0.1, -0.05) is 30.3 Å². The van der Waals surface area contributed by atoms with Crippen LogP contribution in [0.15, 0.2) is 30.3 Å². The summed E-state index contributed by atoms with van der Waals surface area (Å²) in [7, 11) is 0. The molecule has 0 aliphatic heterocycles. The van der Waals surface area contributed by atoms with Gasteiger partial charge in [0.2, 0.25) is 0 Å². The number of hydrogen-bond acceptors (Lipinski definition) is 4. The van der Waals surface area contributed by atoms with Gasteiger partial charge in [0.25, 0.3) is 0 Å². The summed E-state index contributed by atoms with van der Waals surface area (Å²) in [4.78, 5) is 23.8. The third kappa shape index (κ3) is 4.86. The van der Waals surface area contributed by atoms with Crippen LogP contribution in [0.3, 0.4) is 0 Å². The molecular weight excluding hydrogens is 234 g/mol. The Hall–Kier alpha value is -2.04. The van der Waals surface area contributed by atoms with Gasteiger partial charge in [-0.05, 0) is 12.5 Å². The first-order chi connectivity index (χ1) is 8.63. The van der Waals surface area contributed by atoms with Gasteiger partial charge in [0.15, 0.2) is 6.73 Å². The molecule has 0 saturated carbocycles. The van der Waals surface area contributed by atoms with Crippen LogP contribution in [0, 0.1) is 0 Å². The second kappa shape index (κ2) is 7.32. The summed E-state index contributed by atoms with van der Waals surface area (Å²) in [6, 6.07) is 9.43. The Morgan fingerprint density at radius 3 is 2.39 bits per heavy atom. The number of carbonyl (C=O) groups excluding carboxylic acids is 2. The van der Waals surface area contributed by atoms with E-state index in [9.17, 15) is 9.59 Å². The zero-order chi connectivity index (χ0) is 13.4. The first kappa shape index (κ1) is 14.0. The lowest BCUT2D eigenvalue weighted by Crippen LogP contribution is -2.34. The lowest BCUT2D eigenvalue weighted by atomic mass is 10.2. The molecule has 0 N–H and O–H groups in total. The van der Waals surface area contributed by atoms with E-state index in [1.807, 2.05) is 30.3 Å². The number of hydrogen-bond donors (Lipinski definition) is 0. The van der Waals surface area contributed by atoms with E-state index in [-0.39, 0.29) is 13.3 Å². The average Bonchev–Trinajstić information content (AvgIpc) is 2.35. The van der Waals surface area contributed by atoms with Crippen LogP contribution < -0.4 is 0 Å². The molecule has 1 aromatic rings. The number of amides is 1. The second-order valence-electron chi connectivity index (χ2n) is 3.65. The molecule has 0 spiro atoms. The van der Waals surface area contributed by atoms with Gasteiger partial charge in [0.1, 0.15) is 0 Å². The van der Waals surface area contributed by atoms with Gasteiger partial charge in [0.05, 0.1) is 13.2 Å². The third-order valence-corrected chi connectivity index (χ3v) is 2.17. The van der Waals surface area contributed by atoms with Crippen LogP contribution in [-0.2, 0) is 20.8 Å². The van der Waals surface area contributed by atoms with E-state index in [2.05, 4.69) is 0 Å². The molecule has 0 heterocycles. The lowest BCUT2D eigenvalue weighted by Gasteiger charge is -2.21. The van der Waals surface area contributed by atoms with Crippen LogP contribution in [-0.4, -0.2) is 30.3 Å². The molecule has 98 valence electrons. The Balaban J connectivity index is 2.64. The number of benzene rings is 1. The number of ether oxygens (including phenoxy) is 2. The fraction of sp³-hybridized carbons (Fsp3) is 0.385. The maximum absolute atomic E-state index is 11.7. The molecule has 5 heteroatoms. The van der Waals surface area contributed by atoms with Gasteiger partial charge in [-0.25, -0.2) is 4.79 Å². The average molecular weight is 251 g/mol. The highest BCUT2D eigenvalue weighted by Gasteiger charge is 2.16. The molecule has 0 radical (unpaired) electrons. The summed E-state index contributed by atoms with van der Waals surface area (Å²) in [6.07, 6.45) is -0.498. The van der Waals surface area contributed by atoms with Crippen molar-refractivity contribution in [2.75, 3.05) is 13.3 Å². The van der Waals surface area contributed by atoms with Crippen molar-refractivity contribution >= 4 is 12.1 Å². The Morgan fingerprint density at radius 2 is 1.83 bits per heavy atom. The highest BCUT2D eigenvalue weighted by atomic mass is 16.6. The molecule has 18 heavy (non-hydrogen) atoms. The van der Waals surface area contributed by atoms with Gasteiger partial charge in [-0.15, -0.1) is 0 Å². The first-order valence-corrected chi connectivity index (χ1v) is 5.72. The van der Waals surface area contributed by atoms with Crippen molar-refractivity contribution in [3.05, 3.63) is 35.9 Å². The smallest absolute Gasteiger partial charge is 0.412 e. The molecule has 0 aromatic heterocycles. The van der Waals surface area contributed by atoms with E-state index in [0.29, 0.717) is 6.54 Å². The van der Waals surface area contributed by atoms with Crippen LogP contribution in [0.4, 0.5) is 4.79 Å². The molecule has 1 amide bonds. The molecule has 0 aliphatic carbocycles. The molecule has 0 atom stereocenters. The zero-order valence-electron chi connectivity index (χ0n) is 10.6. The minimum absolute atomic E-state index is 0.108. The lowest BCUT2D eigenvalue weighted by molar-refractivity contribution is -0.145. The molecular formula is C13H17NO4. The molecule has 1 rings (SSSR count). The largest absolute Gasteiger partial charge is 0.450 e. The molecule has 5 nitrogen and oxygen atoms in total. The van der Waals surface area contributed by atoms with E-state index < -0.39 is 12.1 Å². The van der Waals surface area contributed by atoms with E-state index in [1.54, 1.807) is 6.92 Å². The Kier molecular flexibility index (Phi) is 5.70. The van der Waals surface area contributed by atoms with Crippen LogP contribution in [0.5, 0.6) is 0 Å². The van der Waals surface area contributed by atoms with Crippen LogP contribution in [0.25, 0.3) is 0 Å². The van der Waals surface area contributed by atoms with Crippen molar-refractivity contribution in [2.45, 2.75) is 20.4 Å². The quantitative estimate of drug-likeness (QED) is 0.594. The van der Waals surface area contributed by atoms with Gasteiger partial charge in [0, 0.05) is 6.92 Å². The molecule has 0 bridgehead atoms. The Bertz CT molecular complexity index is 391. The highest BCUT2D eigenvalue weighted by Crippen LogP contribution is 2.06. The Morgan fingerprint density at radius 1 is 1.17 bits per heavy atom. The molecule has 0 fully saturated rings. The minimum atomic E-state index is -0.498. The summed E-state index contributed by atoms with van der Waals surface area (Å²) in [6.45, 7) is 3.54. The monoisotopic (exact) mass is 251 g/mol. The predicted octanol–water partition coefficient (Wildman–Crippen LogP) is 2.17. The number of rotatable bonds is 5. The zero-order valence-corrected chi connectivity index (χ0v) is 10.6. The summed E-state index contributed by atoms with van der Waals surface area (Å²) in [5.41, 5.74) is 0.942. The SMILES string of the molecule is CCOC(=O)N(COC(C)=O)Cc1ccccc1. The molecule has 1 aromatic carbocycles. The fourth-order valence-electron chi connectivity index (χ4n) is 1.35. The van der Waals surface area contributed by atoms with Crippen LogP contribution in [0.2, 0.25) is 0 Å². The number of nitrogens with zero attached hydrogens (tertiary/aromatic N) is 1. The third-order valence-electron chi connectivity index (χ3n) is 2.17. The second-order valence-corrected chi connectivity index (χ2v) is 3.65.